The normalized spacial score (nSPS) is 21.9. The van der Waals surface area contributed by atoms with Gasteiger partial charge in [-0.15, -0.1) is 0 Å². The fourth-order valence-corrected chi connectivity index (χ4v) is 4.28. The number of carbonyl (C=O) groups excluding carboxylic acids is 1. The van der Waals surface area contributed by atoms with Gasteiger partial charge in [0.1, 0.15) is 11.6 Å². The van der Waals surface area contributed by atoms with Crippen LogP contribution in [-0.2, 0) is 4.79 Å². The van der Waals surface area contributed by atoms with E-state index in [9.17, 15) is 4.79 Å². The molecule has 25 heavy (non-hydrogen) atoms. The first-order valence-electron chi connectivity index (χ1n) is 9.11. The van der Waals surface area contributed by atoms with Crippen LogP contribution in [0.2, 0.25) is 5.02 Å². The first-order valence-corrected chi connectivity index (χ1v) is 9.48. The number of nitrogens with zero attached hydrogens (tertiary/aromatic N) is 4. The molecule has 2 fully saturated rings. The summed E-state index contributed by atoms with van der Waals surface area (Å²) < 4.78 is 2.12. The van der Waals surface area contributed by atoms with E-state index in [1.54, 1.807) is 0 Å². The third-order valence-electron chi connectivity index (χ3n) is 5.29. The molecule has 6 heteroatoms. The lowest BCUT2D eigenvalue weighted by atomic mass is 9.95. The Labute approximate surface area is 153 Å². The molecule has 1 aliphatic carbocycles. The van der Waals surface area contributed by atoms with Gasteiger partial charge in [0.15, 0.2) is 0 Å². The molecule has 0 bridgehead atoms. The van der Waals surface area contributed by atoms with Crippen LogP contribution in [0.3, 0.4) is 0 Å². The maximum absolute atomic E-state index is 12.6. The van der Waals surface area contributed by atoms with Crippen molar-refractivity contribution >= 4 is 23.2 Å². The highest BCUT2D eigenvalue weighted by Gasteiger charge is 2.36. The van der Waals surface area contributed by atoms with Gasteiger partial charge in [0.2, 0.25) is 5.91 Å². The van der Waals surface area contributed by atoms with Crippen molar-refractivity contribution in [2.75, 3.05) is 11.4 Å². The number of rotatable bonds is 3. The molecule has 132 valence electrons. The molecule has 2 heterocycles. The molecule has 4 rings (SSSR count). The van der Waals surface area contributed by atoms with Crippen molar-refractivity contribution in [3.63, 3.8) is 0 Å². The van der Waals surface area contributed by atoms with Gasteiger partial charge in [0.25, 0.3) is 0 Å². The van der Waals surface area contributed by atoms with E-state index in [0.717, 1.165) is 30.2 Å². The second-order valence-corrected chi connectivity index (χ2v) is 7.58. The van der Waals surface area contributed by atoms with Gasteiger partial charge in [0.05, 0.1) is 6.04 Å². The molecule has 1 saturated carbocycles. The molecule has 5 nitrogen and oxygen atoms in total. The molecule has 0 spiro atoms. The summed E-state index contributed by atoms with van der Waals surface area (Å²) in [6.07, 6.45) is 6.62. The number of hydrogen-bond acceptors (Lipinski definition) is 3. The predicted molar refractivity (Wildman–Crippen MR) is 98.0 cm³/mol. The number of benzene rings is 1. The maximum Gasteiger partial charge on any atom is 0.227 e. The van der Waals surface area contributed by atoms with E-state index in [2.05, 4.69) is 9.78 Å². The SMILES string of the molecule is Cc1nc([C@H]2CC(=O)N(c3cccc(Cl)c3)C2)n(C2CCCCC2)n1. The number of aromatic nitrogens is 3. The Morgan fingerprint density at radius 2 is 2.00 bits per heavy atom. The fourth-order valence-electron chi connectivity index (χ4n) is 4.09. The summed E-state index contributed by atoms with van der Waals surface area (Å²) in [5, 5.41) is 5.32. The quantitative estimate of drug-likeness (QED) is 0.823. The Balaban J connectivity index is 1.60. The van der Waals surface area contributed by atoms with Gasteiger partial charge in [0, 0.05) is 29.6 Å². The second-order valence-electron chi connectivity index (χ2n) is 7.14. The molecule has 1 saturated heterocycles. The van der Waals surface area contributed by atoms with Crippen molar-refractivity contribution in [2.45, 2.75) is 57.4 Å². The van der Waals surface area contributed by atoms with E-state index in [-0.39, 0.29) is 11.8 Å². The number of anilines is 1. The Hall–Kier alpha value is -1.88. The first-order chi connectivity index (χ1) is 12.1. The van der Waals surface area contributed by atoms with Gasteiger partial charge in [-0.25, -0.2) is 9.67 Å². The average Bonchev–Trinajstić information content (AvgIpc) is 3.18. The maximum atomic E-state index is 12.6. The molecule has 1 amide bonds. The third kappa shape index (κ3) is 3.30. The summed E-state index contributed by atoms with van der Waals surface area (Å²) in [5.41, 5.74) is 0.862. The molecule has 2 aromatic rings. The number of amides is 1. The van der Waals surface area contributed by atoms with Crippen molar-refractivity contribution in [2.24, 2.45) is 0 Å². The molecule has 1 atom stereocenters. The van der Waals surface area contributed by atoms with Crippen LogP contribution in [0.15, 0.2) is 24.3 Å². The Morgan fingerprint density at radius 3 is 2.76 bits per heavy atom. The van der Waals surface area contributed by atoms with E-state index in [1.165, 1.54) is 19.3 Å². The topological polar surface area (TPSA) is 51.0 Å². The van der Waals surface area contributed by atoms with E-state index in [1.807, 2.05) is 36.1 Å². The zero-order valence-corrected chi connectivity index (χ0v) is 15.2. The van der Waals surface area contributed by atoms with E-state index >= 15 is 0 Å². The first kappa shape index (κ1) is 16.6. The lowest BCUT2D eigenvalue weighted by Crippen LogP contribution is -2.25. The second kappa shape index (κ2) is 6.79. The van der Waals surface area contributed by atoms with Crippen molar-refractivity contribution in [1.29, 1.82) is 0 Å². The summed E-state index contributed by atoms with van der Waals surface area (Å²) in [6.45, 7) is 2.58. The molecule has 0 N–H and O–H groups in total. The van der Waals surface area contributed by atoms with Crippen molar-refractivity contribution in [3.8, 4) is 0 Å². The van der Waals surface area contributed by atoms with Crippen molar-refractivity contribution in [3.05, 3.63) is 40.9 Å². The largest absolute Gasteiger partial charge is 0.312 e. The van der Waals surface area contributed by atoms with Gasteiger partial charge in [-0.3, -0.25) is 4.79 Å². The van der Waals surface area contributed by atoms with Crippen LogP contribution in [0, 0.1) is 6.92 Å². The Kier molecular flexibility index (Phi) is 4.50. The summed E-state index contributed by atoms with van der Waals surface area (Å²) >= 11 is 6.09. The van der Waals surface area contributed by atoms with Gasteiger partial charge in [-0.2, -0.15) is 5.10 Å². The van der Waals surface area contributed by atoms with Crippen molar-refractivity contribution in [1.82, 2.24) is 14.8 Å². The zero-order valence-electron chi connectivity index (χ0n) is 14.5. The Bertz CT molecular complexity index is 781. The molecule has 1 aliphatic heterocycles. The van der Waals surface area contributed by atoms with E-state index < -0.39 is 0 Å². The van der Waals surface area contributed by atoms with E-state index in [0.29, 0.717) is 24.0 Å². The van der Waals surface area contributed by atoms with Crippen molar-refractivity contribution < 1.29 is 4.79 Å². The predicted octanol–water partition coefficient (Wildman–Crippen LogP) is 4.27. The van der Waals surface area contributed by atoms with Crippen LogP contribution >= 0.6 is 11.6 Å². The summed E-state index contributed by atoms with van der Waals surface area (Å²) in [4.78, 5) is 19.1. The van der Waals surface area contributed by atoms with Gasteiger partial charge < -0.3 is 4.90 Å². The molecule has 0 radical (unpaired) electrons. The molecule has 2 aliphatic rings. The molecular formula is C19H23ClN4O. The van der Waals surface area contributed by atoms with Crippen LogP contribution in [-0.4, -0.2) is 27.2 Å². The van der Waals surface area contributed by atoms with Crippen LogP contribution in [0.5, 0.6) is 0 Å². The minimum absolute atomic E-state index is 0.0922. The third-order valence-corrected chi connectivity index (χ3v) is 5.53. The lowest BCUT2D eigenvalue weighted by Gasteiger charge is -2.24. The lowest BCUT2D eigenvalue weighted by molar-refractivity contribution is -0.117. The van der Waals surface area contributed by atoms with Gasteiger partial charge >= 0.3 is 0 Å². The molecular weight excluding hydrogens is 336 g/mol. The van der Waals surface area contributed by atoms with Crippen LogP contribution in [0.1, 0.15) is 62.1 Å². The van der Waals surface area contributed by atoms with Crippen LogP contribution in [0.25, 0.3) is 0 Å². The fraction of sp³-hybridized carbons (Fsp3) is 0.526. The summed E-state index contributed by atoms with van der Waals surface area (Å²) in [5.74, 6) is 1.99. The highest BCUT2D eigenvalue weighted by molar-refractivity contribution is 6.30. The number of halogens is 1. The molecule has 1 aromatic heterocycles. The minimum Gasteiger partial charge on any atom is -0.312 e. The monoisotopic (exact) mass is 358 g/mol. The standard InChI is InChI=1S/C19H23ClN4O/c1-13-21-19(24(22-13)16-7-3-2-4-8-16)14-10-18(25)23(12-14)17-9-5-6-15(20)11-17/h5-6,9,11,14,16H,2-4,7-8,10,12H2,1H3/t14-/m0/s1. The van der Waals surface area contributed by atoms with Crippen LogP contribution < -0.4 is 4.90 Å². The Morgan fingerprint density at radius 1 is 1.20 bits per heavy atom. The highest BCUT2D eigenvalue weighted by atomic mass is 35.5. The summed E-state index contributed by atoms with van der Waals surface area (Å²) in [6, 6.07) is 7.92. The van der Waals surface area contributed by atoms with Crippen LogP contribution in [0.4, 0.5) is 5.69 Å². The number of carbonyl (C=O) groups is 1. The zero-order chi connectivity index (χ0) is 17.4. The number of hydrogen-bond donors (Lipinski definition) is 0. The number of aryl methyl sites for hydroxylation is 1. The average molecular weight is 359 g/mol. The smallest absolute Gasteiger partial charge is 0.227 e. The van der Waals surface area contributed by atoms with E-state index in [4.69, 9.17) is 16.6 Å². The minimum atomic E-state index is 0.0922. The van der Waals surface area contributed by atoms with Gasteiger partial charge in [-0.05, 0) is 38.0 Å². The molecule has 0 unspecified atom stereocenters. The highest BCUT2D eigenvalue weighted by Crippen LogP contribution is 2.35. The van der Waals surface area contributed by atoms with Gasteiger partial charge in [-0.1, -0.05) is 36.9 Å². The summed E-state index contributed by atoms with van der Waals surface area (Å²) in [7, 11) is 0. The molecule has 1 aromatic carbocycles.